The molecule has 1 fully saturated rings. The molecule has 0 unspecified atom stereocenters. The van der Waals surface area contributed by atoms with Crippen molar-refractivity contribution in [2.24, 2.45) is 0 Å². The van der Waals surface area contributed by atoms with Crippen LogP contribution in [0.15, 0.2) is 0 Å². The van der Waals surface area contributed by atoms with Gasteiger partial charge in [-0.25, -0.2) is 0 Å². The number of ether oxygens (including phenoxy) is 1. The highest BCUT2D eigenvalue weighted by molar-refractivity contribution is 5.66. The average molecular weight is 156 g/mol. The Bertz CT molecular complexity index is 146. The predicted molar refractivity (Wildman–Crippen MR) is 43.3 cm³/mol. The van der Waals surface area contributed by atoms with Gasteiger partial charge in [-0.15, -0.1) is 0 Å². The van der Waals surface area contributed by atoms with Gasteiger partial charge in [0.25, 0.3) is 0 Å². The summed E-state index contributed by atoms with van der Waals surface area (Å²) in [5, 5.41) is 0. The summed E-state index contributed by atoms with van der Waals surface area (Å²) in [5.41, 5.74) is -0.0914. The van der Waals surface area contributed by atoms with Gasteiger partial charge in [-0.05, 0) is 32.1 Å². The summed E-state index contributed by atoms with van der Waals surface area (Å²) in [6.07, 6.45) is 5.50. The van der Waals surface area contributed by atoms with Crippen molar-refractivity contribution in [1.82, 2.24) is 0 Å². The third-order valence-electron chi connectivity index (χ3n) is 2.52. The zero-order valence-electron chi connectivity index (χ0n) is 7.35. The SMILES string of the molecule is CCC1(OC(C)=O)CCCC1. The monoisotopic (exact) mass is 156 g/mol. The third-order valence-corrected chi connectivity index (χ3v) is 2.52. The molecule has 64 valence electrons. The summed E-state index contributed by atoms with van der Waals surface area (Å²) in [6, 6.07) is 0. The zero-order valence-corrected chi connectivity index (χ0v) is 7.35. The van der Waals surface area contributed by atoms with Gasteiger partial charge in [0.1, 0.15) is 5.60 Å². The molecule has 0 spiro atoms. The fourth-order valence-corrected chi connectivity index (χ4v) is 1.85. The molecule has 0 saturated heterocycles. The molecule has 1 saturated carbocycles. The van der Waals surface area contributed by atoms with E-state index in [1.807, 2.05) is 0 Å². The van der Waals surface area contributed by atoms with Gasteiger partial charge in [-0.2, -0.15) is 0 Å². The molecule has 0 aromatic carbocycles. The molecule has 0 aromatic heterocycles. The molecule has 0 aromatic rings. The van der Waals surface area contributed by atoms with E-state index in [0.717, 1.165) is 19.3 Å². The fourth-order valence-electron chi connectivity index (χ4n) is 1.85. The van der Waals surface area contributed by atoms with Crippen LogP contribution in [0.4, 0.5) is 0 Å². The molecule has 0 amide bonds. The predicted octanol–water partition coefficient (Wildman–Crippen LogP) is 2.27. The van der Waals surface area contributed by atoms with Crippen LogP contribution in [-0.2, 0) is 9.53 Å². The Morgan fingerprint density at radius 2 is 2.00 bits per heavy atom. The molecule has 2 heteroatoms. The van der Waals surface area contributed by atoms with Gasteiger partial charge in [-0.1, -0.05) is 6.92 Å². The number of esters is 1. The van der Waals surface area contributed by atoms with Crippen molar-refractivity contribution >= 4 is 5.97 Å². The molecule has 0 aliphatic heterocycles. The summed E-state index contributed by atoms with van der Waals surface area (Å²) in [5.74, 6) is -0.131. The van der Waals surface area contributed by atoms with Crippen molar-refractivity contribution in [1.29, 1.82) is 0 Å². The van der Waals surface area contributed by atoms with Crippen LogP contribution in [0, 0.1) is 0 Å². The first-order valence-electron chi connectivity index (χ1n) is 4.38. The van der Waals surface area contributed by atoms with Crippen molar-refractivity contribution in [3.63, 3.8) is 0 Å². The van der Waals surface area contributed by atoms with E-state index in [1.54, 1.807) is 0 Å². The first-order valence-corrected chi connectivity index (χ1v) is 4.38. The molecule has 2 nitrogen and oxygen atoms in total. The lowest BCUT2D eigenvalue weighted by Crippen LogP contribution is -2.29. The first kappa shape index (κ1) is 8.57. The molecule has 0 radical (unpaired) electrons. The van der Waals surface area contributed by atoms with Crippen LogP contribution in [0.3, 0.4) is 0 Å². The Morgan fingerprint density at radius 3 is 2.36 bits per heavy atom. The molecule has 1 aliphatic rings. The number of hydrogen-bond donors (Lipinski definition) is 0. The van der Waals surface area contributed by atoms with Gasteiger partial charge in [-0.3, -0.25) is 4.79 Å². The Balaban J connectivity index is 2.52. The maximum Gasteiger partial charge on any atom is 0.303 e. The maximum absolute atomic E-state index is 10.7. The minimum atomic E-state index is -0.131. The summed E-state index contributed by atoms with van der Waals surface area (Å²) in [6.45, 7) is 3.59. The number of carbonyl (C=O) groups is 1. The van der Waals surface area contributed by atoms with E-state index in [9.17, 15) is 4.79 Å². The van der Waals surface area contributed by atoms with Crippen LogP contribution in [0.25, 0.3) is 0 Å². The van der Waals surface area contributed by atoms with Crippen LogP contribution in [0.5, 0.6) is 0 Å². The third kappa shape index (κ3) is 1.95. The van der Waals surface area contributed by atoms with Crippen LogP contribution >= 0.6 is 0 Å². The van der Waals surface area contributed by atoms with Crippen molar-refractivity contribution < 1.29 is 9.53 Å². The maximum atomic E-state index is 10.7. The van der Waals surface area contributed by atoms with Crippen LogP contribution in [0.2, 0.25) is 0 Å². The summed E-state index contributed by atoms with van der Waals surface area (Å²) in [4.78, 5) is 10.7. The second kappa shape index (κ2) is 3.24. The number of hydrogen-bond acceptors (Lipinski definition) is 2. The van der Waals surface area contributed by atoms with Gasteiger partial charge in [0.2, 0.25) is 0 Å². The van der Waals surface area contributed by atoms with E-state index >= 15 is 0 Å². The standard InChI is InChI=1S/C9H16O2/c1-3-9(11-8(2)10)6-4-5-7-9/h3-7H2,1-2H3. The van der Waals surface area contributed by atoms with Gasteiger partial charge >= 0.3 is 5.97 Å². The second-order valence-corrected chi connectivity index (χ2v) is 3.34. The van der Waals surface area contributed by atoms with Crippen molar-refractivity contribution in [2.75, 3.05) is 0 Å². The minimum Gasteiger partial charge on any atom is -0.459 e. The zero-order chi connectivity index (χ0) is 8.32. The average Bonchev–Trinajstić information content (AvgIpc) is 2.36. The quantitative estimate of drug-likeness (QED) is 0.573. The smallest absolute Gasteiger partial charge is 0.303 e. The van der Waals surface area contributed by atoms with Gasteiger partial charge in [0.15, 0.2) is 0 Å². The second-order valence-electron chi connectivity index (χ2n) is 3.34. The van der Waals surface area contributed by atoms with E-state index in [2.05, 4.69) is 6.92 Å². The largest absolute Gasteiger partial charge is 0.459 e. The summed E-state index contributed by atoms with van der Waals surface area (Å²) >= 11 is 0. The molecular formula is C9H16O2. The van der Waals surface area contributed by atoms with E-state index in [0.29, 0.717) is 0 Å². The van der Waals surface area contributed by atoms with Crippen LogP contribution in [-0.4, -0.2) is 11.6 Å². The fraction of sp³-hybridized carbons (Fsp3) is 0.889. The molecule has 0 heterocycles. The molecule has 11 heavy (non-hydrogen) atoms. The molecule has 0 atom stereocenters. The van der Waals surface area contributed by atoms with Crippen molar-refractivity contribution in [3.05, 3.63) is 0 Å². The van der Waals surface area contributed by atoms with Gasteiger partial charge < -0.3 is 4.74 Å². The number of rotatable bonds is 2. The Labute approximate surface area is 67.9 Å². The molecule has 0 bridgehead atoms. The molecule has 1 rings (SSSR count). The molecular weight excluding hydrogens is 140 g/mol. The lowest BCUT2D eigenvalue weighted by atomic mass is 9.99. The van der Waals surface area contributed by atoms with E-state index < -0.39 is 0 Å². The lowest BCUT2D eigenvalue weighted by Gasteiger charge is -2.26. The minimum absolute atomic E-state index is 0.0914. The number of carbonyl (C=O) groups excluding carboxylic acids is 1. The van der Waals surface area contributed by atoms with E-state index in [1.165, 1.54) is 19.8 Å². The topological polar surface area (TPSA) is 26.3 Å². The van der Waals surface area contributed by atoms with Crippen LogP contribution < -0.4 is 0 Å². The molecule has 1 aliphatic carbocycles. The summed E-state index contributed by atoms with van der Waals surface area (Å²) in [7, 11) is 0. The molecule has 0 N–H and O–H groups in total. The first-order chi connectivity index (χ1) is 5.18. The van der Waals surface area contributed by atoms with Crippen LogP contribution in [0.1, 0.15) is 46.0 Å². The van der Waals surface area contributed by atoms with Gasteiger partial charge in [0, 0.05) is 6.92 Å². The Kier molecular flexibility index (Phi) is 2.53. The summed E-state index contributed by atoms with van der Waals surface area (Å²) < 4.78 is 5.31. The normalized spacial score (nSPS) is 21.6. The lowest BCUT2D eigenvalue weighted by molar-refractivity contribution is -0.156. The van der Waals surface area contributed by atoms with Crippen molar-refractivity contribution in [2.45, 2.75) is 51.6 Å². The van der Waals surface area contributed by atoms with E-state index in [4.69, 9.17) is 4.74 Å². The Morgan fingerprint density at radius 1 is 1.45 bits per heavy atom. The van der Waals surface area contributed by atoms with Crippen molar-refractivity contribution in [3.8, 4) is 0 Å². The highest BCUT2D eigenvalue weighted by atomic mass is 16.6. The van der Waals surface area contributed by atoms with E-state index in [-0.39, 0.29) is 11.6 Å². The Hall–Kier alpha value is -0.530. The van der Waals surface area contributed by atoms with Gasteiger partial charge in [0.05, 0.1) is 0 Å². The highest BCUT2D eigenvalue weighted by Gasteiger charge is 2.34. The highest BCUT2D eigenvalue weighted by Crippen LogP contribution is 2.35.